The van der Waals surface area contributed by atoms with E-state index in [1.807, 2.05) is 77.7 Å². The van der Waals surface area contributed by atoms with Gasteiger partial charge in [0, 0.05) is 29.6 Å². The number of hydrogen-bond donors (Lipinski definition) is 1. The molecule has 0 saturated heterocycles. The molecule has 4 aromatic rings. The number of hydrogen-bond acceptors (Lipinski definition) is 3. The van der Waals surface area contributed by atoms with Crippen LogP contribution in [0.5, 0.6) is 11.5 Å². The Hall–Kier alpha value is -3.53. The first-order chi connectivity index (χ1) is 12.3. The van der Waals surface area contributed by atoms with E-state index >= 15 is 0 Å². The molecule has 0 aliphatic rings. The van der Waals surface area contributed by atoms with Gasteiger partial charge in [0.2, 0.25) is 0 Å². The molecule has 1 heterocycles. The van der Waals surface area contributed by atoms with E-state index in [1.165, 1.54) is 0 Å². The fourth-order valence-electron chi connectivity index (χ4n) is 2.65. The molecule has 25 heavy (non-hydrogen) atoms. The quantitative estimate of drug-likeness (QED) is 0.542. The van der Waals surface area contributed by atoms with Gasteiger partial charge in [0.1, 0.15) is 11.5 Å². The summed E-state index contributed by atoms with van der Waals surface area (Å²) in [6.07, 6.45) is 3.87. The molecule has 0 unspecified atom stereocenters. The van der Waals surface area contributed by atoms with Crippen molar-refractivity contribution < 1.29 is 4.74 Å². The second kappa shape index (κ2) is 6.53. The zero-order valence-corrected chi connectivity index (χ0v) is 13.5. The van der Waals surface area contributed by atoms with Crippen LogP contribution in [0.1, 0.15) is 0 Å². The standard InChI is InChI=1S/C21H17N3O/c22-18-8-4-10-20(12-18)25-21-11-5-9-19(13-21)24-15-17(14-23-24)16-6-2-1-3-7-16/h1-15H,22H2. The average Bonchev–Trinajstić information content (AvgIpc) is 3.13. The summed E-state index contributed by atoms with van der Waals surface area (Å²) in [7, 11) is 0. The summed E-state index contributed by atoms with van der Waals surface area (Å²) in [4.78, 5) is 0. The molecule has 4 nitrogen and oxygen atoms in total. The number of ether oxygens (including phenoxy) is 1. The molecule has 0 radical (unpaired) electrons. The maximum absolute atomic E-state index is 5.89. The number of nitrogens with two attached hydrogens (primary N) is 1. The molecule has 3 aromatic carbocycles. The van der Waals surface area contributed by atoms with Crippen molar-refractivity contribution in [3.8, 4) is 28.3 Å². The summed E-state index contributed by atoms with van der Waals surface area (Å²) in [5.74, 6) is 1.45. The molecule has 4 heteroatoms. The molecule has 0 amide bonds. The highest BCUT2D eigenvalue weighted by molar-refractivity contribution is 5.62. The molecule has 0 saturated carbocycles. The molecule has 0 aliphatic carbocycles. The average molecular weight is 327 g/mol. The molecule has 0 atom stereocenters. The fraction of sp³-hybridized carbons (Fsp3) is 0. The highest BCUT2D eigenvalue weighted by atomic mass is 16.5. The lowest BCUT2D eigenvalue weighted by atomic mass is 10.1. The predicted octanol–water partition coefficient (Wildman–Crippen LogP) is 4.91. The van der Waals surface area contributed by atoms with E-state index in [4.69, 9.17) is 10.5 Å². The van der Waals surface area contributed by atoms with Crippen LogP contribution in [0.4, 0.5) is 5.69 Å². The molecule has 122 valence electrons. The molecule has 4 rings (SSSR count). The van der Waals surface area contributed by atoms with Crippen molar-refractivity contribution in [2.75, 3.05) is 5.73 Å². The summed E-state index contributed by atoms with van der Waals surface area (Å²) in [6, 6.07) is 25.4. The van der Waals surface area contributed by atoms with Crippen molar-refractivity contribution in [2.45, 2.75) is 0 Å². The van der Waals surface area contributed by atoms with Crippen molar-refractivity contribution in [2.24, 2.45) is 0 Å². The topological polar surface area (TPSA) is 53.1 Å². The van der Waals surface area contributed by atoms with Crippen molar-refractivity contribution in [1.82, 2.24) is 9.78 Å². The van der Waals surface area contributed by atoms with E-state index in [-0.39, 0.29) is 0 Å². The van der Waals surface area contributed by atoms with Crippen LogP contribution in [-0.4, -0.2) is 9.78 Å². The number of benzene rings is 3. The van der Waals surface area contributed by atoms with Crippen molar-refractivity contribution in [1.29, 1.82) is 0 Å². The first-order valence-electron chi connectivity index (χ1n) is 8.02. The highest BCUT2D eigenvalue weighted by Gasteiger charge is 2.05. The largest absolute Gasteiger partial charge is 0.457 e. The van der Waals surface area contributed by atoms with Gasteiger partial charge in [-0.3, -0.25) is 0 Å². The fourth-order valence-corrected chi connectivity index (χ4v) is 2.65. The molecular formula is C21H17N3O. The van der Waals surface area contributed by atoms with Gasteiger partial charge in [-0.05, 0) is 29.8 Å². The first kappa shape index (κ1) is 15.0. The third-order valence-electron chi connectivity index (χ3n) is 3.87. The molecule has 0 bridgehead atoms. The van der Waals surface area contributed by atoms with Gasteiger partial charge in [0.15, 0.2) is 0 Å². The van der Waals surface area contributed by atoms with Crippen molar-refractivity contribution in [3.63, 3.8) is 0 Å². The first-order valence-corrected chi connectivity index (χ1v) is 8.02. The second-order valence-corrected chi connectivity index (χ2v) is 5.71. The number of nitrogens with zero attached hydrogens (tertiary/aromatic N) is 2. The normalized spacial score (nSPS) is 10.6. The van der Waals surface area contributed by atoms with Crippen LogP contribution in [-0.2, 0) is 0 Å². The smallest absolute Gasteiger partial charge is 0.129 e. The van der Waals surface area contributed by atoms with E-state index in [0.717, 1.165) is 22.6 Å². The van der Waals surface area contributed by atoms with Crippen LogP contribution in [0, 0.1) is 0 Å². The monoisotopic (exact) mass is 327 g/mol. The zero-order valence-electron chi connectivity index (χ0n) is 13.5. The van der Waals surface area contributed by atoms with Gasteiger partial charge in [0.05, 0.1) is 11.9 Å². The summed E-state index contributed by atoms with van der Waals surface area (Å²) >= 11 is 0. The van der Waals surface area contributed by atoms with Gasteiger partial charge in [-0.25, -0.2) is 4.68 Å². The summed E-state index contributed by atoms with van der Waals surface area (Å²) in [5.41, 5.74) is 9.62. The van der Waals surface area contributed by atoms with Crippen molar-refractivity contribution >= 4 is 5.69 Å². The minimum atomic E-state index is 0.674. The molecule has 1 aromatic heterocycles. The maximum atomic E-state index is 5.89. The predicted molar refractivity (Wildman–Crippen MR) is 99.9 cm³/mol. The molecule has 0 aliphatic heterocycles. The van der Waals surface area contributed by atoms with Crippen LogP contribution in [0.3, 0.4) is 0 Å². The molecular weight excluding hydrogens is 310 g/mol. The Bertz CT molecular complexity index is 993. The lowest BCUT2D eigenvalue weighted by Gasteiger charge is -2.08. The van der Waals surface area contributed by atoms with Gasteiger partial charge in [-0.1, -0.05) is 42.5 Å². The summed E-state index contributed by atoms with van der Waals surface area (Å²) < 4.78 is 7.73. The van der Waals surface area contributed by atoms with E-state index in [2.05, 4.69) is 17.2 Å². The summed E-state index contributed by atoms with van der Waals surface area (Å²) in [6.45, 7) is 0. The third kappa shape index (κ3) is 3.38. The second-order valence-electron chi connectivity index (χ2n) is 5.71. The highest BCUT2D eigenvalue weighted by Crippen LogP contribution is 2.26. The van der Waals surface area contributed by atoms with E-state index in [1.54, 1.807) is 6.07 Å². The van der Waals surface area contributed by atoms with Crippen LogP contribution >= 0.6 is 0 Å². The van der Waals surface area contributed by atoms with Crippen LogP contribution in [0.15, 0.2) is 91.3 Å². The number of anilines is 1. The Balaban J connectivity index is 1.60. The Kier molecular flexibility index (Phi) is 3.92. The van der Waals surface area contributed by atoms with E-state index < -0.39 is 0 Å². The van der Waals surface area contributed by atoms with Gasteiger partial charge in [-0.2, -0.15) is 5.10 Å². The van der Waals surface area contributed by atoms with Crippen LogP contribution in [0.2, 0.25) is 0 Å². The third-order valence-corrected chi connectivity index (χ3v) is 3.87. The van der Waals surface area contributed by atoms with Gasteiger partial charge in [-0.15, -0.1) is 0 Å². The lowest BCUT2D eigenvalue weighted by Crippen LogP contribution is -1.94. The Morgan fingerprint density at radius 1 is 0.760 bits per heavy atom. The Labute approximate surface area is 146 Å². The SMILES string of the molecule is Nc1cccc(Oc2cccc(-n3cc(-c4ccccc4)cn3)c2)c1. The maximum Gasteiger partial charge on any atom is 0.129 e. The zero-order chi connectivity index (χ0) is 17.1. The molecule has 0 spiro atoms. The van der Waals surface area contributed by atoms with E-state index in [9.17, 15) is 0 Å². The van der Waals surface area contributed by atoms with Crippen molar-refractivity contribution in [3.05, 3.63) is 91.3 Å². The van der Waals surface area contributed by atoms with Gasteiger partial charge in [0.25, 0.3) is 0 Å². The number of aromatic nitrogens is 2. The molecule has 2 N–H and O–H groups in total. The number of rotatable bonds is 4. The van der Waals surface area contributed by atoms with Gasteiger partial charge >= 0.3 is 0 Å². The summed E-state index contributed by atoms with van der Waals surface area (Å²) in [5, 5.41) is 4.47. The van der Waals surface area contributed by atoms with Crippen LogP contribution < -0.4 is 10.5 Å². The number of nitrogen functional groups attached to an aromatic ring is 1. The van der Waals surface area contributed by atoms with E-state index in [0.29, 0.717) is 11.4 Å². The molecule has 0 fully saturated rings. The Morgan fingerprint density at radius 3 is 2.32 bits per heavy atom. The Morgan fingerprint density at radius 2 is 1.52 bits per heavy atom. The van der Waals surface area contributed by atoms with Crippen LogP contribution in [0.25, 0.3) is 16.8 Å². The minimum Gasteiger partial charge on any atom is -0.457 e. The lowest BCUT2D eigenvalue weighted by molar-refractivity contribution is 0.482. The minimum absolute atomic E-state index is 0.674. The van der Waals surface area contributed by atoms with Gasteiger partial charge < -0.3 is 10.5 Å².